The predicted octanol–water partition coefficient (Wildman–Crippen LogP) is 5.50. The average Bonchev–Trinajstić information content (AvgIpc) is 3.06. The zero-order valence-electron chi connectivity index (χ0n) is 14.3. The van der Waals surface area contributed by atoms with Gasteiger partial charge in [0.2, 0.25) is 0 Å². The molecule has 0 bridgehead atoms. The van der Waals surface area contributed by atoms with Crippen LogP contribution >= 0.6 is 0 Å². The Bertz CT molecular complexity index is 884. The van der Waals surface area contributed by atoms with Gasteiger partial charge < -0.3 is 15.0 Å². The van der Waals surface area contributed by atoms with E-state index in [1.807, 2.05) is 6.07 Å². The second kappa shape index (κ2) is 6.75. The molecule has 4 nitrogen and oxygen atoms in total. The van der Waals surface area contributed by atoms with Crippen molar-refractivity contribution in [3.8, 4) is 5.75 Å². The summed E-state index contributed by atoms with van der Waals surface area (Å²) >= 11 is 0. The summed E-state index contributed by atoms with van der Waals surface area (Å²) in [6.07, 6.45) is 8.60. The van der Waals surface area contributed by atoms with Crippen molar-refractivity contribution in [1.29, 1.82) is 0 Å². The maximum absolute atomic E-state index is 13.8. The molecular formula is C20H22FN3O. The van der Waals surface area contributed by atoms with E-state index in [4.69, 9.17) is 4.74 Å². The molecule has 5 heteroatoms. The maximum atomic E-state index is 13.8. The zero-order chi connectivity index (χ0) is 17.2. The Morgan fingerprint density at radius 2 is 2.00 bits per heavy atom. The fourth-order valence-electron chi connectivity index (χ4n) is 3.74. The molecular weight excluding hydrogens is 317 g/mol. The Kier molecular flexibility index (Phi) is 4.30. The topological polar surface area (TPSA) is 49.9 Å². The number of methoxy groups -OCH3 is 1. The molecule has 1 aliphatic rings. The second-order valence-corrected chi connectivity index (χ2v) is 6.65. The molecule has 25 heavy (non-hydrogen) atoms. The molecule has 0 saturated heterocycles. The minimum absolute atomic E-state index is 0.232. The van der Waals surface area contributed by atoms with E-state index in [-0.39, 0.29) is 5.75 Å². The summed E-state index contributed by atoms with van der Waals surface area (Å²) in [6, 6.07) is 8.84. The van der Waals surface area contributed by atoms with Crippen molar-refractivity contribution in [2.45, 2.75) is 38.0 Å². The van der Waals surface area contributed by atoms with Gasteiger partial charge >= 0.3 is 0 Å². The summed E-state index contributed by atoms with van der Waals surface area (Å²) in [5.74, 6) is 1.16. The number of anilines is 2. The third-order valence-electron chi connectivity index (χ3n) is 5.04. The summed E-state index contributed by atoms with van der Waals surface area (Å²) in [6.45, 7) is 0. The highest BCUT2D eigenvalue weighted by molar-refractivity contribution is 5.82. The summed E-state index contributed by atoms with van der Waals surface area (Å²) in [5, 5.41) is 4.34. The van der Waals surface area contributed by atoms with Gasteiger partial charge in [0.25, 0.3) is 0 Å². The first-order chi connectivity index (χ1) is 12.2. The third kappa shape index (κ3) is 3.18. The van der Waals surface area contributed by atoms with E-state index in [9.17, 15) is 4.39 Å². The smallest absolute Gasteiger partial charge is 0.167 e. The molecule has 130 valence electrons. The zero-order valence-corrected chi connectivity index (χ0v) is 14.3. The van der Waals surface area contributed by atoms with Crippen molar-refractivity contribution in [2.75, 3.05) is 12.4 Å². The average molecular weight is 339 g/mol. The first kappa shape index (κ1) is 15.9. The predicted molar refractivity (Wildman–Crippen MR) is 98.2 cm³/mol. The molecule has 0 atom stereocenters. The van der Waals surface area contributed by atoms with Crippen LogP contribution < -0.4 is 10.1 Å². The van der Waals surface area contributed by atoms with Crippen LogP contribution in [0.25, 0.3) is 11.0 Å². The Morgan fingerprint density at radius 3 is 2.76 bits per heavy atom. The minimum atomic E-state index is -0.395. The third-order valence-corrected chi connectivity index (χ3v) is 5.04. The van der Waals surface area contributed by atoms with Gasteiger partial charge in [-0.05, 0) is 48.6 Å². The summed E-state index contributed by atoms with van der Waals surface area (Å²) in [4.78, 5) is 7.93. The van der Waals surface area contributed by atoms with Crippen molar-refractivity contribution in [3.63, 3.8) is 0 Å². The Morgan fingerprint density at radius 1 is 1.16 bits per heavy atom. The lowest BCUT2D eigenvalue weighted by Crippen LogP contribution is -2.03. The highest BCUT2D eigenvalue weighted by atomic mass is 19.1. The van der Waals surface area contributed by atoms with E-state index in [2.05, 4.69) is 27.5 Å². The highest BCUT2D eigenvalue weighted by Gasteiger charge is 2.19. The minimum Gasteiger partial charge on any atom is -0.494 e. The second-order valence-electron chi connectivity index (χ2n) is 6.65. The van der Waals surface area contributed by atoms with E-state index >= 15 is 0 Å². The standard InChI is InChI=1S/C20H22FN3O/c1-25-18-9-7-14(11-17(18)21)23-19-10-8-15-16(12-22-20(15)24-19)13-5-3-2-4-6-13/h7-13H,2-6H2,1H3,(H2,22,23,24). The molecule has 3 aromatic rings. The molecule has 2 aromatic heterocycles. The largest absolute Gasteiger partial charge is 0.494 e. The van der Waals surface area contributed by atoms with Gasteiger partial charge in [-0.25, -0.2) is 9.37 Å². The molecule has 0 radical (unpaired) electrons. The van der Waals surface area contributed by atoms with E-state index in [1.165, 1.54) is 56.2 Å². The van der Waals surface area contributed by atoms with E-state index < -0.39 is 5.82 Å². The van der Waals surface area contributed by atoms with Gasteiger partial charge in [0.1, 0.15) is 11.5 Å². The summed E-state index contributed by atoms with van der Waals surface area (Å²) in [5.41, 5.74) is 2.90. The number of ether oxygens (including phenoxy) is 1. The van der Waals surface area contributed by atoms with Crippen LogP contribution in [-0.4, -0.2) is 17.1 Å². The Labute approximate surface area is 146 Å². The first-order valence-electron chi connectivity index (χ1n) is 8.83. The number of fused-ring (bicyclic) bond motifs is 1. The number of rotatable bonds is 4. The van der Waals surface area contributed by atoms with E-state index in [1.54, 1.807) is 12.1 Å². The highest BCUT2D eigenvalue weighted by Crippen LogP contribution is 2.36. The quantitative estimate of drug-likeness (QED) is 0.659. The van der Waals surface area contributed by atoms with Crippen LogP contribution in [0.1, 0.15) is 43.6 Å². The number of H-pyrrole nitrogens is 1. The monoisotopic (exact) mass is 339 g/mol. The lowest BCUT2D eigenvalue weighted by atomic mass is 9.84. The number of benzene rings is 1. The van der Waals surface area contributed by atoms with E-state index in [0.29, 0.717) is 17.4 Å². The maximum Gasteiger partial charge on any atom is 0.167 e. The van der Waals surface area contributed by atoms with Gasteiger partial charge in [0.15, 0.2) is 11.6 Å². The molecule has 0 amide bonds. The van der Waals surface area contributed by atoms with Gasteiger partial charge in [-0.2, -0.15) is 0 Å². The number of halogens is 1. The van der Waals surface area contributed by atoms with Crippen LogP contribution in [0.15, 0.2) is 36.5 Å². The normalized spacial score (nSPS) is 15.4. The van der Waals surface area contributed by atoms with Crippen LogP contribution in [0.2, 0.25) is 0 Å². The van der Waals surface area contributed by atoms with Crippen LogP contribution in [0.3, 0.4) is 0 Å². The van der Waals surface area contributed by atoms with Crippen molar-refractivity contribution in [1.82, 2.24) is 9.97 Å². The Balaban J connectivity index is 1.58. The molecule has 4 rings (SSSR count). The van der Waals surface area contributed by atoms with E-state index in [0.717, 1.165) is 5.65 Å². The lowest BCUT2D eigenvalue weighted by molar-refractivity contribution is 0.386. The van der Waals surface area contributed by atoms with Crippen LogP contribution in [0.5, 0.6) is 5.75 Å². The summed E-state index contributed by atoms with van der Waals surface area (Å²) < 4.78 is 18.8. The lowest BCUT2D eigenvalue weighted by Gasteiger charge is -2.21. The van der Waals surface area contributed by atoms with Crippen molar-refractivity contribution in [2.24, 2.45) is 0 Å². The summed E-state index contributed by atoms with van der Waals surface area (Å²) in [7, 11) is 1.45. The van der Waals surface area contributed by atoms with Crippen molar-refractivity contribution >= 4 is 22.5 Å². The molecule has 1 aromatic carbocycles. The SMILES string of the molecule is COc1ccc(Nc2ccc3c(C4CCCCC4)c[nH]c3n2)cc1F. The van der Waals surface area contributed by atoms with Gasteiger partial charge in [-0.15, -0.1) is 0 Å². The number of nitrogens with zero attached hydrogens (tertiary/aromatic N) is 1. The van der Waals surface area contributed by atoms with Crippen LogP contribution in [-0.2, 0) is 0 Å². The Hall–Kier alpha value is -2.56. The van der Waals surface area contributed by atoms with Gasteiger partial charge in [-0.1, -0.05) is 19.3 Å². The van der Waals surface area contributed by atoms with Gasteiger partial charge in [0, 0.05) is 23.3 Å². The number of aromatic nitrogens is 2. The fourth-order valence-corrected chi connectivity index (χ4v) is 3.74. The molecule has 0 unspecified atom stereocenters. The molecule has 1 fully saturated rings. The number of nitrogens with one attached hydrogen (secondary N) is 2. The van der Waals surface area contributed by atoms with Crippen molar-refractivity contribution in [3.05, 3.63) is 47.9 Å². The van der Waals surface area contributed by atoms with Gasteiger partial charge in [-0.3, -0.25) is 0 Å². The number of aromatic amines is 1. The van der Waals surface area contributed by atoms with Crippen molar-refractivity contribution < 1.29 is 9.13 Å². The fraction of sp³-hybridized carbons (Fsp3) is 0.350. The molecule has 2 N–H and O–H groups in total. The molecule has 0 spiro atoms. The number of hydrogen-bond acceptors (Lipinski definition) is 3. The molecule has 1 saturated carbocycles. The molecule has 2 heterocycles. The number of pyridine rings is 1. The number of hydrogen-bond donors (Lipinski definition) is 2. The van der Waals surface area contributed by atoms with Crippen LogP contribution in [0, 0.1) is 5.82 Å². The molecule has 1 aliphatic carbocycles. The van der Waals surface area contributed by atoms with Gasteiger partial charge in [0.05, 0.1) is 7.11 Å². The van der Waals surface area contributed by atoms with Crippen LogP contribution in [0.4, 0.5) is 15.9 Å². The first-order valence-corrected chi connectivity index (χ1v) is 8.83. The molecule has 0 aliphatic heterocycles.